The van der Waals surface area contributed by atoms with E-state index in [2.05, 4.69) is 20.3 Å². The zero-order chi connectivity index (χ0) is 19.2. The summed E-state index contributed by atoms with van der Waals surface area (Å²) >= 11 is 0. The van der Waals surface area contributed by atoms with Crippen LogP contribution >= 0.6 is 0 Å². The van der Waals surface area contributed by atoms with Crippen LogP contribution < -0.4 is 4.31 Å². The summed E-state index contributed by atoms with van der Waals surface area (Å²) in [5.74, 6) is 0.562. The van der Waals surface area contributed by atoms with Crippen LogP contribution in [0.5, 0.6) is 0 Å². The van der Waals surface area contributed by atoms with Crippen molar-refractivity contribution in [2.45, 2.75) is 18.7 Å². The first-order chi connectivity index (χ1) is 12.9. The van der Waals surface area contributed by atoms with E-state index in [0.717, 1.165) is 22.2 Å². The van der Waals surface area contributed by atoms with Gasteiger partial charge < -0.3 is 0 Å². The van der Waals surface area contributed by atoms with Crippen molar-refractivity contribution in [2.75, 3.05) is 11.4 Å². The van der Waals surface area contributed by atoms with E-state index in [9.17, 15) is 8.42 Å². The van der Waals surface area contributed by atoms with Crippen molar-refractivity contribution >= 4 is 26.6 Å². The second-order valence-corrected chi connectivity index (χ2v) is 8.26. The molecule has 0 fully saturated rings. The number of rotatable bonds is 4. The predicted molar refractivity (Wildman–Crippen MR) is 103 cm³/mol. The standard InChI is InChI=1S/C18H18N6O2S/c1-12-7-8-19-17(9-12)24-11-14(10-20-24)27(25,26)23(3)16-6-4-5-15-18(16)13(2)21-22-15/h4-11H,1-3H3,(H,21,22). The number of nitrogens with one attached hydrogen (secondary N) is 1. The monoisotopic (exact) mass is 382 g/mol. The number of nitrogens with zero attached hydrogens (tertiary/aromatic N) is 5. The molecule has 0 saturated carbocycles. The molecule has 0 radical (unpaired) electrons. The Morgan fingerprint density at radius 1 is 1.19 bits per heavy atom. The number of anilines is 1. The largest absolute Gasteiger partial charge is 0.277 e. The predicted octanol–water partition coefficient (Wildman–Crippen LogP) is 2.59. The smallest absolute Gasteiger partial charge is 0.267 e. The first-order valence-corrected chi connectivity index (χ1v) is 9.72. The molecule has 27 heavy (non-hydrogen) atoms. The van der Waals surface area contributed by atoms with E-state index in [4.69, 9.17) is 0 Å². The van der Waals surface area contributed by atoms with Gasteiger partial charge in [-0.15, -0.1) is 0 Å². The van der Waals surface area contributed by atoms with Gasteiger partial charge in [0.15, 0.2) is 5.82 Å². The average molecular weight is 382 g/mol. The molecule has 4 aromatic rings. The quantitative estimate of drug-likeness (QED) is 0.585. The molecule has 0 saturated heterocycles. The minimum absolute atomic E-state index is 0.0893. The molecular formula is C18H18N6O2S. The second-order valence-electron chi connectivity index (χ2n) is 6.29. The summed E-state index contributed by atoms with van der Waals surface area (Å²) in [6.07, 6.45) is 4.46. The number of H-pyrrole nitrogens is 1. The van der Waals surface area contributed by atoms with Gasteiger partial charge in [0.1, 0.15) is 4.90 Å². The van der Waals surface area contributed by atoms with Crippen LogP contribution in [-0.4, -0.2) is 40.4 Å². The summed E-state index contributed by atoms with van der Waals surface area (Å²) < 4.78 is 29.0. The van der Waals surface area contributed by atoms with Crippen LogP contribution in [0.25, 0.3) is 16.7 Å². The van der Waals surface area contributed by atoms with Crippen LogP contribution in [0.2, 0.25) is 0 Å². The second kappa shape index (κ2) is 6.20. The van der Waals surface area contributed by atoms with Gasteiger partial charge in [-0.25, -0.2) is 18.1 Å². The van der Waals surface area contributed by atoms with Crippen molar-refractivity contribution in [2.24, 2.45) is 0 Å². The molecule has 0 bridgehead atoms. The number of hydrogen-bond donors (Lipinski definition) is 1. The maximum atomic E-state index is 13.1. The van der Waals surface area contributed by atoms with Crippen LogP contribution in [0.15, 0.2) is 53.8 Å². The van der Waals surface area contributed by atoms with E-state index in [-0.39, 0.29) is 4.90 Å². The maximum Gasteiger partial charge on any atom is 0.267 e. The molecule has 1 N–H and O–H groups in total. The van der Waals surface area contributed by atoms with Crippen molar-refractivity contribution in [3.05, 3.63) is 60.2 Å². The molecule has 4 rings (SSSR count). The summed E-state index contributed by atoms with van der Waals surface area (Å²) in [6.45, 7) is 3.78. The van der Waals surface area contributed by atoms with Crippen molar-refractivity contribution < 1.29 is 8.42 Å². The summed E-state index contributed by atoms with van der Waals surface area (Å²) in [6, 6.07) is 9.12. The van der Waals surface area contributed by atoms with E-state index in [1.807, 2.05) is 32.0 Å². The minimum atomic E-state index is -3.79. The van der Waals surface area contributed by atoms with Gasteiger partial charge in [-0.3, -0.25) is 9.40 Å². The van der Waals surface area contributed by atoms with Crippen LogP contribution in [0.3, 0.4) is 0 Å². The topological polar surface area (TPSA) is 96.8 Å². The highest BCUT2D eigenvalue weighted by atomic mass is 32.2. The third kappa shape index (κ3) is 2.85. The molecule has 9 heteroatoms. The zero-order valence-electron chi connectivity index (χ0n) is 15.1. The third-order valence-electron chi connectivity index (χ3n) is 4.44. The fourth-order valence-corrected chi connectivity index (χ4v) is 4.11. The lowest BCUT2D eigenvalue weighted by atomic mass is 10.2. The number of sulfonamides is 1. The van der Waals surface area contributed by atoms with Crippen LogP contribution in [0.1, 0.15) is 11.3 Å². The highest BCUT2D eigenvalue weighted by Gasteiger charge is 2.25. The molecule has 3 aromatic heterocycles. The fraction of sp³-hybridized carbons (Fsp3) is 0.167. The minimum Gasteiger partial charge on any atom is -0.277 e. The Hall–Kier alpha value is -3.20. The Morgan fingerprint density at radius 3 is 2.78 bits per heavy atom. The van der Waals surface area contributed by atoms with E-state index in [1.54, 1.807) is 18.3 Å². The molecule has 0 aliphatic heterocycles. The molecule has 1 aromatic carbocycles. The molecule has 0 amide bonds. The maximum absolute atomic E-state index is 13.1. The molecule has 0 spiro atoms. The van der Waals surface area contributed by atoms with Gasteiger partial charge >= 0.3 is 0 Å². The first-order valence-electron chi connectivity index (χ1n) is 8.28. The average Bonchev–Trinajstić information content (AvgIpc) is 3.29. The van der Waals surface area contributed by atoms with Crippen molar-refractivity contribution in [3.63, 3.8) is 0 Å². The van der Waals surface area contributed by atoms with Gasteiger partial charge in [0, 0.05) is 18.6 Å². The Labute approximate surface area is 156 Å². The summed E-state index contributed by atoms with van der Waals surface area (Å²) in [5, 5.41) is 12.0. The number of pyridine rings is 1. The number of hydrogen-bond acceptors (Lipinski definition) is 5. The molecular weight excluding hydrogens is 364 g/mol. The lowest BCUT2D eigenvalue weighted by Crippen LogP contribution is -2.26. The van der Waals surface area contributed by atoms with Gasteiger partial charge in [-0.05, 0) is 43.7 Å². The third-order valence-corrected chi connectivity index (χ3v) is 6.16. The van der Waals surface area contributed by atoms with Crippen molar-refractivity contribution in [1.82, 2.24) is 25.0 Å². The summed E-state index contributed by atoms with van der Waals surface area (Å²) in [7, 11) is -2.27. The van der Waals surface area contributed by atoms with Gasteiger partial charge in [-0.1, -0.05) is 6.07 Å². The molecule has 3 heterocycles. The van der Waals surface area contributed by atoms with Gasteiger partial charge in [0.25, 0.3) is 10.0 Å². The zero-order valence-corrected chi connectivity index (χ0v) is 15.9. The summed E-state index contributed by atoms with van der Waals surface area (Å²) in [5.41, 5.74) is 3.09. The van der Waals surface area contributed by atoms with E-state index < -0.39 is 10.0 Å². The van der Waals surface area contributed by atoms with Crippen LogP contribution in [0.4, 0.5) is 5.69 Å². The van der Waals surface area contributed by atoms with Crippen molar-refractivity contribution in [1.29, 1.82) is 0 Å². The number of aromatic nitrogens is 5. The molecule has 8 nitrogen and oxygen atoms in total. The normalized spacial score (nSPS) is 11.8. The number of aryl methyl sites for hydroxylation is 2. The lowest BCUT2D eigenvalue weighted by molar-refractivity contribution is 0.594. The SMILES string of the molecule is Cc1ccnc(-n2cc(S(=O)(=O)N(C)c3cccc4[nH]nc(C)c34)cn2)c1. The van der Waals surface area contributed by atoms with Gasteiger partial charge in [0.05, 0.1) is 29.3 Å². The molecule has 0 aliphatic carbocycles. The fourth-order valence-electron chi connectivity index (χ4n) is 2.97. The van der Waals surface area contributed by atoms with Gasteiger partial charge in [0.2, 0.25) is 0 Å². The van der Waals surface area contributed by atoms with Crippen molar-refractivity contribution in [3.8, 4) is 5.82 Å². The van der Waals surface area contributed by atoms with Crippen LogP contribution in [-0.2, 0) is 10.0 Å². The lowest BCUT2D eigenvalue weighted by Gasteiger charge is -2.19. The summed E-state index contributed by atoms with van der Waals surface area (Å²) in [4.78, 5) is 4.32. The first kappa shape index (κ1) is 17.2. The Balaban J connectivity index is 1.76. The Morgan fingerprint density at radius 2 is 2.00 bits per heavy atom. The molecule has 0 atom stereocenters. The number of benzene rings is 1. The highest BCUT2D eigenvalue weighted by molar-refractivity contribution is 7.92. The number of aromatic amines is 1. The van der Waals surface area contributed by atoms with Gasteiger partial charge in [-0.2, -0.15) is 10.2 Å². The Kier molecular flexibility index (Phi) is 3.96. The van der Waals surface area contributed by atoms with E-state index >= 15 is 0 Å². The number of fused-ring (bicyclic) bond motifs is 1. The molecule has 0 aliphatic rings. The van der Waals surface area contributed by atoms with Crippen LogP contribution in [0, 0.1) is 13.8 Å². The van der Waals surface area contributed by atoms with E-state index in [1.165, 1.54) is 28.4 Å². The Bertz CT molecular complexity index is 1240. The van der Waals surface area contributed by atoms with E-state index in [0.29, 0.717) is 11.5 Å². The highest BCUT2D eigenvalue weighted by Crippen LogP contribution is 2.31. The molecule has 0 unspecified atom stereocenters. The molecule has 138 valence electrons.